The number of urea groups is 1. The quantitative estimate of drug-likeness (QED) is 0.707. The zero-order chi connectivity index (χ0) is 12.1. The molecule has 2 amide bonds. The number of hydrogen-bond donors (Lipinski definition) is 2. The second kappa shape index (κ2) is 5.53. The highest BCUT2D eigenvalue weighted by molar-refractivity contribution is 5.76. The molecular weight excluding hydrogens is 208 g/mol. The van der Waals surface area contributed by atoms with Crippen molar-refractivity contribution in [3.63, 3.8) is 0 Å². The van der Waals surface area contributed by atoms with Crippen molar-refractivity contribution in [3.05, 3.63) is 12.7 Å². The number of nitrogens with one attached hydrogen (secondary N) is 1. The van der Waals surface area contributed by atoms with Gasteiger partial charge in [0.1, 0.15) is 0 Å². The Hall–Kier alpha value is -1.52. The van der Waals surface area contributed by atoms with Gasteiger partial charge >= 0.3 is 12.0 Å². The Bertz CT molecular complexity index is 291. The molecule has 0 aromatic heterocycles. The van der Waals surface area contributed by atoms with E-state index in [9.17, 15) is 9.59 Å². The van der Waals surface area contributed by atoms with Crippen molar-refractivity contribution in [1.82, 2.24) is 10.2 Å². The SMILES string of the molecule is C=CC(C)NC(=O)N1CCC[C@H](C(=O)O)C1. The number of carboxylic acids is 1. The van der Waals surface area contributed by atoms with Gasteiger partial charge in [-0.15, -0.1) is 6.58 Å². The molecule has 0 saturated carbocycles. The summed E-state index contributed by atoms with van der Waals surface area (Å²) in [5.74, 6) is -1.26. The highest BCUT2D eigenvalue weighted by Crippen LogP contribution is 2.16. The van der Waals surface area contributed by atoms with Crippen LogP contribution in [0.4, 0.5) is 4.79 Å². The molecule has 0 aromatic carbocycles. The normalized spacial score (nSPS) is 22.3. The molecule has 1 aliphatic rings. The minimum atomic E-state index is -0.825. The number of carbonyl (C=O) groups excluding carboxylic acids is 1. The fourth-order valence-corrected chi connectivity index (χ4v) is 1.71. The Kier molecular flexibility index (Phi) is 4.34. The fraction of sp³-hybridized carbons (Fsp3) is 0.636. The molecule has 5 heteroatoms. The maximum atomic E-state index is 11.7. The summed E-state index contributed by atoms with van der Waals surface area (Å²) < 4.78 is 0. The highest BCUT2D eigenvalue weighted by Gasteiger charge is 2.28. The summed E-state index contributed by atoms with van der Waals surface area (Å²) >= 11 is 0. The molecule has 1 unspecified atom stereocenters. The molecule has 0 radical (unpaired) electrons. The third-order valence-corrected chi connectivity index (χ3v) is 2.76. The summed E-state index contributed by atoms with van der Waals surface area (Å²) in [6.07, 6.45) is 3.03. The lowest BCUT2D eigenvalue weighted by Gasteiger charge is -2.31. The molecule has 2 N–H and O–H groups in total. The number of piperidine rings is 1. The van der Waals surface area contributed by atoms with Crippen LogP contribution in [-0.2, 0) is 4.79 Å². The number of nitrogens with zero attached hydrogens (tertiary/aromatic N) is 1. The Morgan fingerprint density at radius 2 is 2.31 bits per heavy atom. The third-order valence-electron chi connectivity index (χ3n) is 2.76. The molecule has 1 aliphatic heterocycles. The van der Waals surface area contributed by atoms with E-state index in [0.717, 1.165) is 6.42 Å². The van der Waals surface area contributed by atoms with Gasteiger partial charge in [0.25, 0.3) is 0 Å². The van der Waals surface area contributed by atoms with Crippen LogP contribution in [0.25, 0.3) is 0 Å². The number of aliphatic carboxylic acids is 1. The first-order valence-electron chi connectivity index (χ1n) is 5.45. The van der Waals surface area contributed by atoms with Crippen LogP contribution in [0.3, 0.4) is 0 Å². The van der Waals surface area contributed by atoms with Crippen LogP contribution in [-0.4, -0.2) is 41.1 Å². The van der Waals surface area contributed by atoms with Crippen LogP contribution in [0.5, 0.6) is 0 Å². The summed E-state index contributed by atoms with van der Waals surface area (Å²) in [5.41, 5.74) is 0. The lowest BCUT2D eigenvalue weighted by molar-refractivity contribution is -0.143. The van der Waals surface area contributed by atoms with E-state index in [1.54, 1.807) is 11.0 Å². The molecule has 90 valence electrons. The van der Waals surface area contributed by atoms with E-state index >= 15 is 0 Å². The number of likely N-dealkylation sites (tertiary alicyclic amines) is 1. The van der Waals surface area contributed by atoms with Crippen LogP contribution >= 0.6 is 0 Å². The fourth-order valence-electron chi connectivity index (χ4n) is 1.71. The topological polar surface area (TPSA) is 69.6 Å². The van der Waals surface area contributed by atoms with Crippen LogP contribution in [0.2, 0.25) is 0 Å². The van der Waals surface area contributed by atoms with Crippen molar-refractivity contribution < 1.29 is 14.7 Å². The predicted octanol–water partition coefficient (Wildman–Crippen LogP) is 1.07. The van der Waals surface area contributed by atoms with E-state index in [-0.39, 0.29) is 12.1 Å². The Balaban J connectivity index is 2.50. The standard InChI is InChI=1S/C11H18N2O3/c1-3-8(2)12-11(16)13-6-4-5-9(7-13)10(14)15/h3,8-9H,1,4-7H2,2H3,(H,12,16)(H,14,15)/t8?,9-/m0/s1. The lowest BCUT2D eigenvalue weighted by atomic mass is 9.99. The van der Waals surface area contributed by atoms with Gasteiger partial charge in [0.2, 0.25) is 0 Å². The highest BCUT2D eigenvalue weighted by atomic mass is 16.4. The van der Waals surface area contributed by atoms with Gasteiger partial charge in [-0.05, 0) is 19.8 Å². The number of carbonyl (C=O) groups is 2. The summed E-state index contributed by atoms with van der Waals surface area (Å²) in [4.78, 5) is 24.1. The summed E-state index contributed by atoms with van der Waals surface area (Å²) in [7, 11) is 0. The molecule has 0 aliphatic carbocycles. The van der Waals surface area contributed by atoms with E-state index in [2.05, 4.69) is 11.9 Å². The summed E-state index contributed by atoms with van der Waals surface area (Å²) in [6, 6.07) is -0.309. The smallest absolute Gasteiger partial charge is 0.317 e. The van der Waals surface area contributed by atoms with Crippen LogP contribution < -0.4 is 5.32 Å². The van der Waals surface area contributed by atoms with Gasteiger partial charge in [-0.1, -0.05) is 6.08 Å². The first-order chi connectivity index (χ1) is 7.54. The van der Waals surface area contributed by atoms with Crippen molar-refractivity contribution in [3.8, 4) is 0 Å². The van der Waals surface area contributed by atoms with Crippen LogP contribution in [0.1, 0.15) is 19.8 Å². The first kappa shape index (κ1) is 12.5. The Labute approximate surface area is 95.1 Å². The monoisotopic (exact) mass is 226 g/mol. The molecular formula is C11H18N2O3. The van der Waals surface area contributed by atoms with Crippen LogP contribution in [0, 0.1) is 5.92 Å². The van der Waals surface area contributed by atoms with Crippen molar-refractivity contribution in [1.29, 1.82) is 0 Å². The summed E-state index contributed by atoms with van der Waals surface area (Å²) in [5, 5.41) is 11.6. The van der Waals surface area contributed by atoms with Gasteiger partial charge in [0.15, 0.2) is 0 Å². The zero-order valence-electron chi connectivity index (χ0n) is 9.48. The average Bonchev–Trinajstić information content (AvgIpc) is 2.28. The van der Waals surface area contributed by atoms with Gasteiger partial charge in [-0.25, -0.2) is 4.79 Å². The number of carboxylic acid groups (broad SMARTS) is 1. The average molecular weight is 226 g/mol. The Morgan fingerprint density at radius 1 is 1.62 bits per heavy atom. The van der Waals surface area contributed by atoms with Crippen LogP contribution in [0.15, 0.2) is 12.7 Å². The molecule has 1 fully saturated rings. The lowest BCUT2D eigenvalue weighted by Crippen LogP contribution is -2.48. The van der Waals surface area contributed by atoms with Gasteiger partial charge in [0.05, 0.1) is 5.92 Å². The maximum Gasteiger partial charge on any atom is 0.317 e. The molecule has 0 spiro atoms. The van der Waals surface area contributed by atoms with E-state index in [1.807, 2.05) is 6.92 Å². The summed E-state index contributed by atoms with van der Waals surface area (Å²) in [6.45, 7) is 6.32. The molecule has 2 atom stereocenters. The second-order valence-corrected chi connectivity index (χ2v) is 4.10. The zero-order valence-corrected chi connectivity index (χ0v) is 9.48. The van der Waals surface area contributed by atoms with E-state index in [0.29, 0.717) is 19.5 Å². The maximum absolute atomic E-state index is 11.7. The molecule has 5 nitrogen and oxygen atoms in total. The minimum Gasteiger partial charge on any atom is -0.481 e. The number of amides is 2. The van der Waals surface area contributed by atoms with Gasteiger partial charge < -0.3 is 15.3 Å². The Morgan fingerprint density at radius 3 is 2.88 bits per heavy atom. The number of rotatable bonds is 3. The first-order valence-corrected chi connectivity index (χ1v) is 5.45. The molecule has 1 saturated heterocycles. The third kappa shape index (κ3) is 3.25. The van der Waals surface area contributed by atoms with Gasteiger partial charge in [-0.2, -0.15) is 0 Å². The van der Waals surface area contributed by atoms with Gasteiger partial charge in [0, 0.05) is 19.1 Å². The second-order valence-electron chi connectivity index (χ2n) is 4.10. The van der Waals surface area contributed by atoms with E-state index in [1.165, 1.54) is 0 Å². The molecule has 0 aromatic rings. The van der Waals surface area contributed by atoms with Crippen molar-refractivity contribution >= 4 is 12.0 Å². The number of hydrogen-bond acceptors (Lipinski definition) is 2. The molecule has 16 heavy (non-hydrogen) atoms. The minimum absolute atomic E-state index is 0.0993. The van der Waals surface area contributed by atoms with Crippen molar-refractivity contribution in [2.45, 2.75) is 25.8 Å². The van der Waals surface area contributed by atoms with E-state index < -0.39 is 11.9 Å². The molecule has 1 rings (SSSR count). The largest absolute Gasteiger partial charge is 0.481 e. The van der Waals surface area contributed by atoms with Gasteiger partial charge in [-0.3, -0.25) is 4.79 Å². The predicted molar refractivity (Wildman–Crippen MR) is 60.1 cm³/mol. The van der Waals surface area contributed by atoms with E-state index in [4.69, 9.17) is 5.11 Å². The van der Waals surface area contributed by atoms with Crippen molar-refractivity contribution in [2.75, 3.05) is 13.1 Å². The van der Waals surface area contributed by atoms with Crippen molar-refractivity contribution in [2.24, 2.45) is 5.92 Å². The molecule has 0 bridgehead atoms. The molecule has 1 heterocycles.